The Morgan fingerprint density at radius 2 is 2.25 bits per heavy atom. The van der Waals surface area contributed by atoms with Gasteiger partial charge in [0.05, 0.1) is 12.1 Å². The van der Waals surface area contributed by atoms with Crippen molar-refractivity contribution >= 4 is 17.5 Å². The van der Waals surface area contributed by atoms with Crippen LogP contribution in [0.3, 0.4) is 0 Å². The van der Waals surface area contributed by atoms with E-state index in [-0.39, 0.29) is 18.1 Å². The Kier molecular flexibility index (Phi) is 5.40. The molecule has 2 atom stereocenters. The van der Waals surface area contributed by atoms with Gasteiger partial charge in [0.1, 0.15) is 0 Å². The average Bonchev–Trinajstić information content (AvgIpc) is 2.94. The second kappa shape index (κ2) is 7.07. The summed E-state index contributed by atoms with van der Waals surface area (Å²) in [4.78, 5) is 14.3. The minimum absolute atomic E-state index is 0.118. The summed E-state index contributed by atoms with van der Waals surface area (Å²) in [6.45, 7) is 3.93. The van der Waals surface area contributed by atoms with E-state index in [1.54, 1.807) is 7.11 Å². The molecule has 0 bridgehead atoms. The van der Waals surface area contributed by atoms with E-state index in [0.717, 1.165) is 18.5 Å². The molecule has 0 aliphatic carbocycles. The number of rotatable bonds is 5. The van der Waals surface area contributed by atoms with Crippen molar-refractivity contribution in [1.29, 1.82) is 0 Å². The zero-order valence-corrected chi connectivity index (χ0v) is 12.7. The summed E-state index contributed by atoms with van der Waals surface area (Å²) in [5, 5.41) is 3.93. The smallest absolute Gasteiger partial charge is 0.240 e. The van der Waals surface area contributed by atoms with Crippen molar-refractivity contribution < 1.29 is 9.53 Å². The summed E-state index contributed by atoms with van der Waals surface area (Å²) in [5.41, 5.74) is 0.977. The molecule has 1 saturated heterocycles. The number of nitrogens with zero attached hydrogens (tertiary/aromatic N) is 1. The Morgan fingerprint density at radius 3 is 2.85 bits per heavy atom. The maximum absolute atomic E-state index is 12.5. The molecule has 1 N–H and O–H groups in total. The second-order valence-electron chi connectivity index (χ2n) is 5.00. The molecule has 0 saturated carbocycles. The Balaban J connectivity index is 2.01. The van der Waals surface area contributed by atoms with Gasteiger partial charge in [0, 0.05) is 31.8 Å². The van der Waals surface area contributed by atoms with Crippen molar-refractivity contribution in [3.63, 3.8) is 0 Å². The molecule has 1 amide bonds. The molecule has 1 fully saturated rings. The SMILES string of the molecule is CCN(Cc1ccccc1Cl)C(=O)C1CC(OC)CN1. The van der Waals surface area contributed by atoms with E-state index in [2.05, 4.69) is 5.32 Å². The van der Waals surface area contributed by atoms with Gasteiger partial charge in [0.25, 0.3) is 0 Å². The van der Waals surface area contributed by atoms with Crippen LogP contribution in [0.2, 0.25) is 5.02 Å². The van der Waals surface area contributed by atoms with Gasteiger partial charge in [0.2, 0.25) is 5.91 Å². The van der Waals surface area contributed by atoms with Crippen LogP contribution in [0.1, 0.15) is 18.9 Å². The Labute approximate surface area is 125 Å². The molecule has 1 aliphatic heterocycles. The summed E-state index contributed by atoms with van der Waals surface area (Å²) >= 11 is 6.16. The number of halogens is 1. The van der Waals surface area contributed by atoms with Gasteiger partial charge in [-0.05, 0) is 25.0 Å². The van der Waals surface area contributed by atoms with Gasteiger partial charge in [-0.1, -0.05) is 29.8 Å². The van der Waals surface area contributed by atoms with Gasteiger partial charge in [-0.25, -0.2) is 0 Å². The van der Waals surface area contributed by atoms with E-state index in [4.69, 9.17) is 16.3 Å². The van der Waals surface area contributed by atoms with E-state index in [9.17, 15) is 4.79 Å². The first-order valence-electron chi connectivity index (χ1n) is 6.94. The Morgan fingerprint density at radius 1 is 1.50 bits per heavy atom. The quantitative estimate of drug-likeness (QED) is 0.904. The molecular formula is C15H21ClN2O2. The van der Waals surface area contributed by atoms with Gasteiger partial charge in [-0.3, -0.25) is 4.79 Å². The summed E-state index contributed by atoms with van der Waals surface area (Å²) in [6, 6.07) is 7.49. The average molecular weight is 297 g/mol. The standard InChI is InChI=1S/C15H21ClN2O2/c1-3-18(10-11-6-4-5-7-13(11)16)15(19)14-8-12(20-2)9-17-14/h4-7,12,14,17H,3,8-10H2,1-2H3. The lowest BCUT2D eigenvalue weighted by molar-refractivity contribution is -0.133. The second-order valence-corrected chi connectivity index (χ2v) is 5.41. The van der Waals surface area contributed by atoms with E-state index in [0.29, 0.717) is 18.1 Å². The lowest BCUT2D eigenvalue weighted by Crippen LogP contribution is -2.43. The van der Waals surface area contributed by atoms with E-state index < -0.39 is 0 Å². The third-order valence-electron chi connectivity index (χ3n) is 3.73. The Hall–Kier alpha value is -1.10. The monoisotopic (exact) mass is 296 g/mol. The van der Waals surface area contributed by atoms with Gasteiger partial charge in [-0.15, -0.1) is 0 Å². The first-order valence-corrected chi connectivity index (χ1v) is 7.31. The van der Waals surface area contributed by atoms with Gasteiger partial charge in [-0.2, -0.15) is 0 Å². The number of carbonyl (C=O) groups excluding carboxylic acids is 1. The molecule has 5 heteroatoms. The third kappa shape index (κ3) is 3.51. The van der Waals surface area contributed by atoms with Crippen LogP contribution in [0.5, 0.6) is 0 Å². The summed E-state index contributed by atoms with van der Waals surface area (Å²) < 4.78 is 5.29. The molecule has 1 aromatic carbocycles. The topological polar surface area (TPSA) is 41.6 Å². The number of carbonyl (C=O) groups is 1. The van der Waals surface area contributed by atoms with Crippen LogP contribution in [0.25, 0.3) is 0 Å². The van der Waals surface area contributed by atoms with Crippen molar-refractivity contribution in [2.45, 2.75) is 32.0 Å². The molecule has 2 rings (SSSR count). The number of hydrogen-bond donors (Lipinski definition) is 1. The fourth-order valence-electron chi connectivity index (χ4n) is 2.47. The molecule has 1 aliphatic rings. The van der Waals surface area contributed by atoms with Crippen molar-refractivity contribution in [1.82, 2.24) is 10.2 Å². The first-order chi connectivity index (χ1) is 9.65. The van der Waals surface area contributed by atoms with Crippen molar-refractivity contribution in [2.24, 2.45) is 0 Å². The van der Waals surface area contributed by atoms with Crippen LogP contribution < -0.4 is 5.32 Å². The van der Waals surface area contributed by atoms with Gasteiger partial charge >= 0.3 is 0 Å². The molecule has 1 aromatic rings. The minimum atomic E-state index is -0.151. The fourth-order valence-corrected chi connectivity index (χ4v) is 2.66. The number of likely N-dealkylation sites (N-methyl/N-ethyl adjacent to an activating group) is 1. The molecule has 0 radical (unpaired) electrons. The van der Waals surface area contributed by atoms with Crippen LogP contribution in [0.4, 0.5) is 0 Å². The normalized spacial score (nSPS) is 21.9. The van der Waals surface area contributed by atoms with E-state index in [1.807, 2.05) is 36.1 Å². The molecule has 0 spiro atoms. The van der Waals surface area contributed by atoms with Gasteiger partial charge < -0.3 is 15.0 Å². The highest BCUT2D eigenvalue weighted by atomic mass is 35.5. The largest absolute Gasteiger partial charge is 0.380 e. The van der Waals surface area contributed by atoms with E-state index in [1.165, 1.54) is 0 Å². The van der Waals surface area contributed by atoms with Gasteiger partial charge in [0.15, 0.2) is 0 Å². The molecule has 1 heterocycles. The minimum Gasteiger partial charge on any atom is -0.380 e. The van der Waals surface area contributed by atoms with Crippen LogP contribution in [-0.2, 0) is 16.1 Å². The third-order valence-corrected chi connectivity index (χ3v) is 4.10. The molecule has 0 aromatic heterocycles. The summed E-state index contributed by atoms with van der Waals surface area (Å²) in [7, 11) is 1.68. The first kappa shape index (κ1) is 15.3. The highest BCUT2D eigenvalue weighted by Crippen LogP contribution is 2.19. The lowest BCUT2D eigenvalue weighted by Gasteiger charge is -2.24. The summed E-state index contributed by atoms with van der Waals surface area (Å²) in [6.07, 6.45) is 0.858. The van der Waals surface area contributed by atoms with Crippen molar-refractivity contribution in [3.05, 3.63) is 34.9 Å². The predicted octanol–water partition coefficient (Wildman–Crippen LogP) is 2.07. The van der Waals surface area contributed by atoms with Crippen LogP contribution in [-0.4, -0.2) is 43.2 Å². The van der Waals surface area contributed by atoms with Crippen LogP contribution in [0.15, 0.2) is 24.3 Å². The zero-order chi connectivity index (χ0) is 14.5. The number of methoxy groups -OCH3 is 1. The number of nitrogens with one attached hydrogen (secondary N) is 1. The molecular weight excluding hydrogens is 276 g/mol. The number of hydrogen-bond acceptors (Lipinski definition) is 3. The number of benzene rings is 1. The van der Waals surface area contributed by atoms with Crippen molar-refractivity contribution in [2.75, 3.05) is 20.2 Å². The van der Waals surface area contributed by atoms with E-state index >= 15 is 0 Å². The maximum atomic E-state index is 12.5. The zero-order valence-electron chi connectivity index (χ0n) is 11.9. The molecule has 2 unspecified atom stereocenters. The number of ether oxygens (including phenoxy) is 1. The fraction of sp³-hybridized carbons (Fsp3) is 0.533. The number of amides is 1. The highest BCUT2D eigenvalue weighted by molar-refractivity contribution is 6.31. The van der Waals surface area contributed by atoms with Crippen molar-refractivity contribution in [3.8, 4) is 0 Å². The Bertz CT molecular complexity index is 467. The van der Waals surface area contributed by atoms with Crippen LogP contribution in [0, 0.1) is 0 Å². The highest BCUT2D eigenvalue weighted by Gasteiger charge is 2.31. The lowest BCUT2D eigenvalue weighted by atomic mass is 10.1. The van der Waals surface area contributed by atoms with Crippen LogP contribution >= 0.6 is 11.6 Å². The predicted molar refractivity (Wildman–Crippen MR) is 79.7 cm³/mol. The molecule has 110 valence electrons. The molecule has 4 nitrogen and oxygen atoms in total. The maximum Gasteiger partial charge on any atom is 0.240 e. The summed E-state index contributed by atoms with van der Waals surface area (Å²) in [5.74, 6) is 0.118. The molecule has 20 heavy (non-hydrogen) atoms.